The van der Waals surface area contributed by atoms with Gasteiger partial charge in [0.15, 0.2) is 0 Å². The van der Waals surface area contributed by atoms with E-state index in [4.69, 9.17) is 5.26 Å². The van der Waals surface area contributed by atoms with Crippen LogP contribution in [0.4, 0.5) is 18.9 Å². The van der Waals surface area contributed by atoms with Gasteiger partial charge in [-0.25, -0.2) is 0 Å². The molecule has 0 bridgehead atoms. The number of hydrogen-bond donors (Lipinski definition) is 2. The van der Waals surface area contributed by atoms with Crippen LogP contribution in [0.1, 0.15) is 21.5 Å². The van der Waals surface area contributed by atoms with Crippen LogP contribution in [0.3, 0.4) is 0 Å². The lowest BCUT2D eigenvalue weighted by Crippen LogP contribution is -2.13. The van der Waals surface area contributed by atoms with E-state index in [9.17, 15) is 23.1 Å². The molecule has 0 fully saturated rings. The monoisotopic (exact) mass is 306 g/mol. The number of nitrogens with one attached hydrogen (secondary N) is 1. The zero-order chi connectivity index (χ0) is 16.3. The van der Waals surface area contributed by atoms with Crippen LogP contribution in [-0.4, -0.2) is 11.0 Å². The summed E-state index contributed by atoms with van der Waals surface area (Å²) in [6.45, 7) is 0. The van der Waals surface area contributed by atoms with Crippen LogP contribution >= 0.6 is 0 Å². The van der Waals surface area contributed by atoms with Crippen molar-refractivity contribution in [3.05, 3.63) is 59.2 Å². The number of carbonyl (C=O) groups is 1. The van der Waals surface area contributed by atoms with E-state index in [-0.39, 0.29) is 22.6 Å². The van der Waals surface area contributed by atoms with Gasteiger partial charge in [-0.05, 0) is 42.5 Å². The van der Waals surface area contributed by atoms with Crippen LogP contribution in [0.25, 0.3) is 0 Å². The smallest absolute Gasteiger partial charge is 0.416 e. The number of amides is 1. The Morgan fingerprint density at radius 2 is 1.77 bits per heavy atom. The molecule has 112 valence electrons. The molecule has 22 heavy (non-hydrogen) atoms. The van der Waals surface area contributed by atoms with Gasteiger partial charge in [0.05, 0.1) is 22.8 Å². The molecule has 1 amide bonds. The van der Waals surface area contributed by atoms with Gasteiger partial charge in [-0.2, -0.15) is 18.4 Å². The van der Waals surface area contributed by atoms with E-state index in [1.807, 2.05) is 6.07 Å². The Labute approximate surface area is 123 Å². The largest absolute Gasteiger partial charge is 0.507 e. The molecule has 0 aliphatic heterocycles. The van der Waals surface area contributed by atoms with Crippen molar-refractivity contribution in [2.24, 2.45) is 0 Å². The first-order chi connectivity index (χ1) is 10.3. The van der Waals surface area contributed by atoms with Crippen LogP contribution in [0.15, 0.2) is 42.5 Å². The predicted molar refractivity (Wildman–Crippen MR) is 72.2 cm³/mol. The Balaban J connectivity index is 2.21. The number of aromatic hydroxyl groups is 1. The molecular weight excluding hydrogens is 297 g/mol. The predicted octanol–water partition coefficient (Wildman–Crippen LogP) is 3.53. The molecule has 0 saturated carbocycles. The van der Waals surface area contributed by atoms with E-state index in [1.54, 1.807) is 0 Å². The van der Waals surface area contributed by atoms with E-state index in [0.717, 1.165) is 24.3 Å². The molecule has 0 heterocycles. The van der Waals surface area contributed by atoms with E-state index in [1.165, 1.54) is 18.2 Å². The molecule has 0 atom stereocenters. The number of carbonyl (C=O) groups excluding carboxylic acids is 1. The van der Waals surface area contributed by atoms with E-state index >= 15 is 0 Å². The standard InChI is InChI=1S/C15H9F3N2O2/c16-15(17,18)10-2-4-11(5-3-10)20-14(22)12-7-9(8-19)1-6-13(12)21/h1-7,21H,(H,20,22). The molecule has 2 N–H and O–H groups in total. The lowest BCUT2D eigenvalue weighted by Gasteiger charge is -2.09. The Morgan fingerprint density at radius 1 is 1.14 bits per heavy atom. The van der Waals surface area contributed by atoms with Crippen LogP contribution in [0.5, 0.6) is 5.75 Å². The number of alkyl halides is 3. The Kier molecular flexibility index (Phi) is 4.04. The van der Waals surface area contributed by atoms with E-state index < -0.39 is 17.6 Å². The third-order valence-electron chi connectivity index (χ3n) is 2.84. The zero-order valence-corrected chi connectivity index (χ0v) is 11.0. The first kappa shape index (κ1) is 15.4. The number of halogens is 3. The van der Waals surface area contributed by atoms with Gasteiger partial charge in [0, 0.05) is 5.69 Å². The van der Waals surface area contributed by atoms with Gasteiger partial charge in [-0.1, -0.05) is 0 Å². The van der Waals surface area contributed by atoms with Crippen molar-refractivity contribution in [2.75, 3.05) is 5.32 Å². The molecule has 0 aliphatic carbocycles. The molecule has 0 unspecified atom stereocenters. The fraction of sp³-hybridized carbons (Fsp3) is 0.0667. The first-order valence-electron chi connectivity index (χ1n) is 6.03. The Morgan fingerprint density at radius 3 is 2.32 bits per heavy atom. The number of hydrogen-bond acceptors (Lipinski definition) is 3. The summed E-state index contributed by atoms with van der Waals surface area (Å²) >= 11 is 0. The van der Waals surface area contributed by atoms with Crippen molar-refractivity contribution < 1.29 is 23.1 Å². The van der Waals surface area contributed by atoms with Gasteiger partial charge in [-0.3, -0.25) is 4.79 Å². The number of rotatable bonds is 2. The van der Waals surface area contributed by atoms with E-state index in [0.29, 0.717) is 0 Å². The van der Waals surface area contributed by atoms with Crippen molar-refractivity contribution in [3.8, 4) is 11.8 Å². The van der Waals surface area contributed by atoms with Crippen molar-refractivity contribution in [1.29, 1.82) is 5.26 Å². The van der Waals surface area contributed by atoms with Crippen LogP contribution < -0.4 is 5.32 Å². The lowest BCUT2D eigenvalue weighted by molar-refractivity contribution is -0.137. The zero-order valence-electron chi connectivity index (χ0n) is 11.0. The highest BCUT2D eigenvalue weighted by Crippen LogP contribution is 2.30. The minimum Gasteiger partial charge on any atom is -0.507 e. The third kappa shape index (κ3) is 3.35. The maximum Gasteiger partial charge on any atom is 0.416 e. The quantitative estimate of drug-likeness (QED) is 0.891. The molecular formula is C15H9F3N2O2. The summed E-state index contributed by atoms with van der Waals surface area (Å²) in [4.78, 5) is 12.0. The highest BCUT2D eigenvalue weighted by atomic mass is 19.4. The number of anilines is 1. The third-order valence-corrected chi connectivity index (χ3v) is 2.84. The van der Waals surface area contributed by atoms with Gasteiger partial charge < -0.3 is 10.4 Å². The molecule has 2 rings (SSSR count). The van der Waals surface area contributed by atoms with Crippen LogP contribution in [0.2, 0.25) is 0 Å². The van der Waals surface area contributed by atoms with Gasteiger partial charge in [-0.15, -0.1) is 0 Å². The molecule has 0 saturated heterocycles. The second-order valence-corrected chi connectivity index (χ2v) is 4.37. The Hall–Kier alpha value is -3.01. The van der Waals surface area contributed by atoms with Crippen molar-refractivity contribution in [3.63, 3.8) is 0 Å². The molecule has 0 spiro atoms. The van der Waals surface area contributed by atoms with Gasteiger partial charge in [0.2, 0.25) is 0 Å². The van der Waals surface area contributed by atoms with Crippen molar-refractivity contribution in [1.82, 2.24) is 0 Å². The summed E-state index contributed by atoms with van der Waals surface area (Å²) in [6, 6.07) is 9.42. The average Bonchev–Trinajstić information content (AvgIpc) is 2.47. The number of phenolic OH excluding ortho intramolecular Hbond substituents is 1. The summed E-state index contributed by atoms with van der Waals surface area (Å²) in [5.41, 5.74) is -0.658. The molecule has 7 heteroatoms. The van der Waals surface area contributed by atoms with Gasteiger partial charge >= 0.3 is 6.18 Å². The van der Waals surface area contributed by atoms with Crippen molar-refractivity contribution in [2.45, 2.75) is 6.18 Å². The fourth-order valence-electron chi connectivity index (χ4n) is 1.73. The number of nitriles is 1. The molecule has 0 radical (unpaired) electrons. The number of nitrogens with zero attached hydrogens (tertiary/aromatic N) is 1. The fourth-order valence-corrected chi connectivity index (χ4v) is 1.73. The summed E-state index contributed by atoms with van der Waals surface area (Å²) in [6.07, 6.45) is -4.46. The minimum absolute atomic E-state index is 0.139. The summed E-state index contributed by atoms with van der Waals surface area (Å²) in [7, 11) is 0. The summed E-state index contributed by atoms with van der Waals surface area (Å²) < 4.78 is 37.3. The van der Waals surface area contributed by atoms with Gasteiger partial charge in [0.1, 0.15) is 5.75 Å². The molecule has 4 nitrogen and oxygen atoms in total. The number of phenols is 1. The molecule has 2 aromatic rings. The first-order valence-corrected chi connectivity index (χ1v) is 6.03. The second kappa shape index (κ2) is 5.77. The van der Waals surface area contributed by atoms with E-state index in [2.05, 4.69) is 5.32 Å². The molecule has 2 aromatic carbocycles. The maximum absolute atomic E-state index is 12.4. The highest BCUT2D eigenvalue weighted by molar-refractivity contribution is 6.06. The van der Waals surface area contributed by atoms with Crippen LogP contribution in [0, 0.1) is 11.3 Å². The molecule has 0 aromatic heterocycles. The second-order valence-electron chi connectivity index (χ2n) is 4.37. The van der Waals surface area contributed by atoms with Crippen molar-refractivity contribution >= 4 is 11.6 Å². The molecule has 0 aliphatic rings. The highest BCUT2D eigenvalue weighted by Gasteiger charge is 2.30. The maximum atomic E-state index is 12.4. The average molecular weight is 306 g/mol. The summed E-state index contributed by atoms with van der Waals surface area (Å²) in [5.74, 6) is -1.06. The summed E-state index contributed by atoms with van der Waals surface area (Å²) in [5, 5.41) is 20.7. The number of benzene rings is 2. The van der Waals surface area contributed by atoms with Crippen LogP contribution in [-0.2, 0) is 6.18 Å². The topological polar surface area (TPSA) is 73.1 Å². The lowest BCUT2D eigenvalue weighted by atomic mass is 10.1. The normalized spacial score (nSPS) is 10.8. The SMILES string of the molecule is N#Cc1ccc(O)c(C(=O)Nc2ccc(C(F)(F)F)cc2)c1. The Bertz CT molecular complexity index is 747. The minimum atomic E-state index is -4.46. The van der Waals surface area contributed by atoms with Gasteiger partial charge in [0.25, 0.3) is 5.91 Å².